The molecule has 1 unspecified atom stereocenters. The number of carbonyl (C=O) groups excluding carboxylic acids is 1. The smallest absolute Gasteiger partial charge is 0.229 e. The van der Waals surface area contributed by atoms with Gasteiger partial charge in [-0.15, -0.1) is 0 Å². The molecule has 1 fully saturated rings. The molecule has 23 heavy (non-hydrogen) atoms. The molecule has 1 atom stereocenters. The lowest BCUT2D eigenvalue weighted by Crippen LogP contribution is -2.28. The van der Waals surface area contributed by atoms with Gasteiger partial charge in [-0.25, -0.2) is 0 Å². The number of amides is 1. The number of anilines is 1. The number of hydrogen-bond donors (Lipinski definition) is 0. The van der Waals surface area contributed by atoms with Crippen LogP contribution in [0.2, 0.25) is 0 Å². The quantitative estimate of drug-likeness (QED) is 0.851. The Balaban J connectivity index is 1.59. The van der Waals surface area contributed by atoms with Crippen molar-refractivity contribution in [1.29, 1.82) is 0 Å². The zero-order chi connectivity index (χ0) is 15.8. The highest BCUT2D eigenvalue weighted by Gasteiger charge is 2.33. The number of rotatable bonds is 4. The van der Waals surface area contributed by atoms with Crippen molar-refractivity contribution in [2.45, 2.75) is 38.0 Å². The molecule has 0 aromatic heterocycles. The first-order chi connectivity index (χ1) is 11.2. The van der Waals surface area contributed by atoms with Crippen LogP contribution in [0.4, 0.5) is 5.69 Å². The van der Waals surface area contributed by atoms with Gasteiger partial charge in [-0.3, -0.25) is 9.79 Å². The number of hydrogen-bond acceptors (Lipinski definition) is 3. The first-order valence-electron chi connectivity index (χ1n) is 8.48. The Morgan fingerprint density at radius 2 is 2.22 bits per heavy atom. The van der Waals surface area contributed by atoms with Crippen LogP contribution in [0.3, 0.4) is 0 Å². The average Bonchev–Trinajstić information content (AvgIpc) is 3.31. The van der Waals surface area contributed by atoms with Crippen molar-refractivity contribution >= 4 is 17.8 Å². The monoisotopic (exact) mass is 310 g/mol. The molecule has 4 heteroatoms. The van der Waals surface area contributed by atoms with Crippen molar-refractivity contribution in [2.24, 2.45) is 10.9 Å². The van der Waals surface area contributed by atoms with Crippen LogP contribution in [0.25, 0.3) is 0 Å². The van der Waals surface area contributed by atoms with Crippen LogP contribution in [-0.4, -0.2) is 25.8 Å². The highest BCUT2D eigenvalue weighted by molar-refractivity contribution is 5.96. The van der Waals surface area contributed by atoms with Gasteiger partial charge in [0.1, 0.15) is 5.75 Å². The van der Waals surface area contributed by atoms with Crippen molar-refractivity contribution in [1.82, 2.24) is 0 Å². The van der Waals surface area contributed by atoms with Gasteiger partial charge in [0, 0.05) is 37.0 Å². The molecule has 4 nitrogen and oxygen atoms in total. The van der Waals surface area contributed by atoms with Crippen molar-refractivity contribution in [3.63, 3.8) is 0 Å². The zero-order valence-electron chi connectivity index (χ0n) is 13.5. The Hall–Kier alpha value is -2.10. The van der Waals surface area contributed by atoms with E-state index in [1.165, 1.54) is 11.3 Å². The molecule has 120 valence electrons. The van der Waals surface area contributed by atoms with E-state index in [4.69, 9.17) is 4.74 Å². The van der Waals surface area contributed by atoms with E-state index in [9.17, 15) is 4.79 Å². The van der Waals surface area contributed by atoms with E-state index in [2.05, 4.69) is 17.1 Å². The van der Waals surface area contributed by atoms with Gasteiger partial charge in [-0.1, -0.05) is 6.08 Å². The molecule has 2 aliphatic heterocycles. The van der Waals surface area contributed by atoms with Crippen LogP contribution < -0.4 is 9.64 Å². The van der Waals surface area contributed by atoms with E-state index >= 15 is 0 Å². The Labute approximate surface area is 136 Å². The van der Waals surface area contributed by atoms with Crippen LogP contribution in [0.1, 0.15) is 43.6 Å². The second-order valence-corrected chi connectivity index (χ2v) is 6.67. The first-order valence-corrected chi connectivity index (χ1v) is 8.48. The molecule has 1 aromatic carbocycles. The molecular formula is C19H22N2O2. The Morgan fingerprint density at radius 1 is 1.35 bits per heavy atom. The molecule has 0 bridgehead atoms. The molecule has 0 N–H and O–H groups in total. The van der Waals surface area contributed by atoms with E-state index in [1.807, 2.05) is 25.4 Å². The minimum absolute atomic E-state index is 0.237. The highest BCUT2D eigenvalue weighted by atomic mass is 16.5. The second-order valence-electron chi connectivity index (χ2n) is 6.67. The summed E-state index contributed by atoms with van der Waals surface area (Å²) in [6.45, 7) is 0.755. The molecule has 3 aliphatic rings. The van der Waals surface area contributed by atoms with E-state index in [0.29, 0.717) is 5.92 Å². The van der Waals surface area contributed by atoms with Crippen LogP contribution in [0, 0.1) is 5.92 Å². The molecule has 1 amide bonds. The Kier molecular flexibility index (Phi) is 3.68. The predicted molar refractivity (Wildman–Crippen MR) is 91.2 cm³/mol. The third-order valence-electron chi connectivity index (χ3n) is 4.97. The van der Waals surface area contributed by atoms with Gasteiger partial charge in [0.15, 0.2) is 0 Å². The fourth-order valence-corrected chi connectivity index (χ4v) is 3.40. The molecule has 0 radical (unpaired) electrons. The molecule has 0 spiro atoms. The van der Waals surface area contributed by atoms with Gasteiger partial charge < -0.3 is 9.64 Å². The zero-order valence-corrected chi connectivity index (χ0v) is 13.5. The maximum atomic E-state index is 12.3. The van der Waals surface area contributed by atoms with Crippen LogP contribution in [0.15, 0.2) is 35.0 Å². The summed E-state index contributed by atoms with van der Waals surface area (Å²) in [6.07, 6.45) is 9.14. The number of nitrogens with zero attached hydrogens (tertiary/aromatic N) is 2. The molecule has 1 aromatic rings. The van der Waals surface area contributed by atoms with Crippen molar-refractivity contribution in [3.8, 4) is 5.75 Å². The average molecular weight is 310 g/mol. The predicted octanol–water partition coefficient (Wildman–Crippen LogP) is 3.67. The van der Waals surface area contributed by atoms with Gasteiger partial charge in [0.25, 0.3) is 0 Å². The lowest BCUT2D eigenvalue weighted by Gasteiger charge is -2.28. The van der Waals surface area contributed by atoms with Gasteiger partial charge in [0.2, 0.25) is 5.91 Å². The number of carbonyl (C=O) groups is 1. The van der Waals surface area contributed by atoms with Crippen molar-refractivity contribution in [2.75, 3.05) is 18.6 Å². The minimum Gasteiger partial charge on any atom is -0.493 e. The summed E-state index contributed by atoms with van der Waals surface area (Å²) in [6, 6.07) is 6.15. The van der Waals surface area contributed by atoms with Gasteiger partial charge in [-0.05, 0) is 55.4 Å². The summed E-state index contributed by atoms with van der Waals surface area (Å²) in [5.74, 6) is 1.85. The Morgan fingerprint density at radius 3 is 2.96 bits per heavy atom. The van der Waals surface area contributed by atoms with Gasteiger partial charge in [-0.2, -0.15) is 0 Å². The summed E-state index contributed by atoms with van der Waals surface area (Å²) in [5, 5.41) is 0. The maximum Gasteiger partial charge on any atom is 0.229 e. The first kappa shape index (κ1) is 14.5. The fraction of sp³-hybridized carbons (Fsp3) is 0.474. The summed E-state index contributed by atoms with van der Waals surface area (Å²) in [7, 11) is 1.88. The largest absolute Gasteiger partial charge is 0.493 e. The van der Waals surface area contributed by atoms with Crippen LogP contribution in [0.5, 0.6) is 5.75 Å². The molecule has 2 heterocycles. The Bertz CT molecular complexity index is 689. The molecule has 0 saturated heterocycles. The minimum atomic E-state index is 0.237. The van der Waals surface area contributed by atoms with Gasteiger partial charge >= 0.3 is 0 Å². The number of ether oxygens (including phenoxy) is 1. The number of allylic oxidation sites excluding steroid dienone is 2. The SMILES string of the molecule is CN(C(=O)C1CC1)c1ccc2c(c1)C(CC1=CCC=N1)CCO2. The number of aliphatic imine (C=N–C) groups is 1. The topological polar surface area (TPSA) is 41.9 Å². The summed E-state index contributed by atoms with van der Waals surface area (Å²) < 4.78 is 5.81. The summed E-state index contributed by atoms with van der Waals surface area (Å²) >= 11 is 0. The third-order valence-corrected chi connectivity index (χ3v) is 4.97. The molecule has 1 aliphatic carbocycles. The van der Waals surface area contributed by atoms with E-state index in [1.54, 1.807) is 4.90 Å². The summed E-state index contributed by atoms with van der Waals surface area (Å²) in [5.41, 5.74) is 3.36. The number of fused-ring (bicyclic) bond motifs is 1. The highest BCUT2D eigenvalue weighted by Crippen LogP contribution is 2.40. The van der Waals surface area contributed by atoms with E-state index in [0.717, 1.165) is 50.1 Å². The standard InChI is InChI=1S/C19H22N2O2/c1-21(19(22)13-4-5-13)16-6-7-18-17(12-16)14(8-10-23-18)11-15-3-2-9-20-15/h3,6-7,9,12-14H,2,4-5,8,10-11H2,1H3. The fourth-order valence-electron chi connectivity index (χ4n) is 3.40. The van der Waals surface area contributed by atoms with E-state index in [-0.39, 0.29) is 11.8 Å². The van der Waals surface area contributed by atoms with Crippen molar-refractivity contribution in [3.05, 3.63) is 35.5 Å². The lowest BCUT2D eigenvalue weighted by molar-refractivity contribution is -0.119. The lowest BCUT2D eigenvalue weighted by atomic mass is 9.88. The van der Waals surface area contributed by atoms with Gasteiger partial charge in [0.05, 0.1) is 6.61 Å². The third kappa shape index (κ3) is 2.90. The molecule has 4 rings (SSSR count). The normalized spacial score (nSPS) is 22.3. The molecular weight excluding hydrogens is 288 g/mol. The second kappa shape index (κ2) is 5.84. The maximum absolute atomic E-state index is 12.3. The number of benzene rings is 1. The van der Waals surface area contributed by atoms with Crippen LogP contribution in [-0.2, 0) is 4.79 Å². The van der Waals surface area contributed by atoms with Crippen LogP contribution >= 0.6 is 0 Å². The molecule has 1 saturated carbocycles. The van der Waals surface area contributed by atoms with Crippen molar-refractivity contribution < 1.29 is 9.53 Å². The summed E-state index contributed by atoms with van der Waals surface area (Å²) in [4.78, 5) is 18.6. The van der Waals surface area contributed by atoms with E-state index < -0.39 is 0 Å².